The molecule has 0 radical (unpaired) electrons. The van der Waals surface area contributed by atoms with Crippen LogP contribution in [0.3, 0.4) is 0 Å². The molecule has 0 heterocycles. The summed E-state index contributed by atoms with van der Waals surface area (Å²) in [6, 6.07) is 1.00. The van der Waals surface area contributed by atoms with Gasteiger partial charge in [0.05, 0.1) is 0 Å². The SMILES string of the molecule is CCO[SiH2]CCC(C)=O. The molecule has 0 fully saturated rings. The minimum absolute atomic E-state index is 0.280. The molecule has 2 nitrogen and oxygen atoms in total. The van der Waals surface area contributed by atoms with Gasteiger partial charge in [0.2, 0.25) is 0 Å². The third-order valence-corrected chi connectivity index (χ3v) is 2.36. The van der Waals surface area contributed by atoms with Gasteiger partial charge in [-0.1, -0.05) is 0 Å². The van der Waals surface area contributed by atoms with Crippen LogP contribution < -0.4 is 0 Å². The van der Waals surface area contributed by atoms with E-state index in [-0.39, 0.29) is 15.5 Å². The van der Waals surface area contributed by atoms with Crippen LogP contribution in [0, 0.1) is 0 Å². The highest BCUT2D eigenvalue weighted by Crippen LogP contribution is 1.89. The third-order valence-electron chi connectivity index (χ3n) is 1.02. The highest BCUT2D eigenvalue weighted by molar-refractivity contribution is 6.27. The molecule has 0 aromatic carbocycles. The molecule has 0 bridgehead atoms. The van der Waals surface area contributed by atoms with E-state index in [2.05, 4.69) is 0 Å². The number of hydrogen-bond acceptors (Lipinski definition) is 2. The minimum atomic E-state index is -0.352. The lowest BCUT2D eigenvalue weighted by molar-refractivity contribution is -0.116. The average Bonchev–Trinajstić information content (AvgIpc) is 1.80. The van der Waals surface area contributed by atoms with Crippen LogP contribution >= 0.6 is 0 Å². The van der Waals surface area contributed by atoms with E-state index in [0.29, 0.717) is 6.42 Å². The van der Waals surface area contributed by atoms with Gasteiger partial charge in [-0.05, 0) is 19.9 Å². The molecule has 54 valence electrons. The normalized spacial score (nSPS) is 10.9. The fraction of sp³-hybridized carbons (Fsp3) is 0.833. The first-order chi connectivity index (χ1) is 4.27. The van der Waals surface area contributed by atoms with Crippen molar-refractivity contribution in [3.8, 4) is 0 Å². The van der Waals surface area contributed by atoms with Gasteiger partial charge >= 0.3 is 0 Å². The summed E-state index contributed by atoms with van der Waals surface area (Å²) < 4.78 is 5.17. The molecule has 0 saturated carbocycles. The van der Waals surface area contributed by atoms with E-state index in [1.54, 1.807) is 6.92 Å². The Bertz CT molecular complexity index is 83.1. The lowest BCUT2D eigenvalue weighted by Gasteiger charge is -1.95. The summed E-state index contributed by atoms with van der Waals surface area (Å²) in [5.74, 6) is 0.280. The molecule has 0 atom stereocenters. The Kier molecular flexibility index (Phi) is 5.87. The number of carbonyl (C=O) groups excluding carboxylic acids is 1. The van der Waals surface area contributed by atoms with Crippen molar-refractivity contribution in [2.24, 2.45) is 0 Å². The summed E-state index contributed by atoms with van der Waals surface area (Å²) in [4.78, 5) is 10.4. The van der Waals surface area contributed by atoms with E-state index in [9.17, 15) is 4.79 Å². The lowest BCUT2D eigenvalue weighted by atomic mass is 10.4. The monoisotopic (exact) mass is 146 g/mol. The van der Waals surface area contributed by atoms with Crippen LogP contribution in [0.2, 0.25) is 6.04 Å². The molecule has 0 saturated heterocycles. The van der Waals surface area contributed by atoms with Crippen LogP contribution in [-0.2, 0) is 9.22 Å². The summed E-state index contributed by atoms with van der Waals surface area (Å²) in [7, 11) is -0.352. The van der Waals surface area contributed by atoms with Gasteiger partial charge in [0.15, 0.2) is 9.76 Å². The average molecular weight is 146 g/mol. The molecule has 0 aliphatic heterocycles. The Balaban J connectivity index is 2.83. The Morgan fingerprint density at radius 1 is 1.67 bits per heavy atom. The van der Waals surface area contributed by atoms with E-state index in [0.717, 1.165) is 12.7 Å². The number of rotatable bonds is 5. The van der Waals surface area contributed by atoms with Gasteiger partial charge in [-0.25, -0.2) is 0 Å². The van der Waals surface area contributed by atoms with Gasteiger partial charge in [0.1, 0.15) is 5.78 Å². The Morgan fingerprint density at radius 3 is 2.78 bits per heavy atom. The first-order valence-electron chi connectivity index (χ1n) is 3.34. The molecule has 9 heavy (non-hydrogen) atoms. The molecule has 0 aliphatic rings. The quantitative estimate of drug-likeness (QED) is 0.417. The van der Waals surface area contributed by atoms with E-state index in [4.69, 9.17) is 4.43 Å². The first kappa shape index (κ1) is 8.85. The highest BCUT2D eigenvalue weighted by atomic mass is 28.2. The molecule has 0 aromatic rings. The minimum Gasteiger partial charge on any atom is -0.424 e. The summed E-state index contributed by atoms with van der Waals surface area (Å²) in [5, 5.41) is 0. The Hall–Kier alpha value is -0.153. The molecule has 0 rings (SSSR count). The number of ketones is 1. The molecule has 0 unspecified atom stereocenters. The first-order valence-corrected chi connectivity index (χ1v) is 4.92. The molecule has 0 aliphatic carbocycles. The molecular formula is C6H14O2Si. The van der Waals surface area contributed by atoms with Gasteiger partial charge in [0.25, 0.3) is 0 Å². The highest BCUT2D eigenvalue weighted by Gasteiger charge is 1.92. The summed E-state index contributed by atoms with van der Waals surface area (Å²) in [6.45, 7) is 4.42. The van der Waals surface area contributed by atoms with Crippen LogP contribution in [-0.4, -0.2) is 22.2 Å². The molecule has 0 amide bonds. The van der Waals surface area contributed by atoms with Crippen molar-refractivity contribution in [2.75, 3.05) is 6.61 Å². The number of carbonyl (C=O) groups is 1. The zero-order valence-electron chi connectivity index (χ0n) is 6.14. The second kappa shape index (κ2) is 5.97. The maximum atomic E-state index is 10.4. The molecule has 3 heteroatoms. The standard InChI is InChI=1S/C6H14O2Si/c1-3-8-9-5-4-6(2)7/h3-5,9H2,1-2H3. The van der Waals surface area contributed by atoms with Crippen molar-refractivity contribution in [2.45, 2.75) is 26.3 Å². The third kappa shape index (κ3) is 7.85. The fourth-order valence-electron chi connectivity index (χ4n) is 0.568. The molecule has 0 aromatic heterocycles. The zero-order valence-corrected chi connectivity index (χ0v) is 7.56. The van der Waals surface area contributed by atoms with E-state index in [1.165, 1.54) is 0 Å². The Morgan fingerprint density at radius 2 is 2.33 bits per heavy atom. The maximum absolute atomic E-state index is 10.4. The summed E-state index contributed by atoms with van der Waals surface area (Å²) in [5.41, 5.74) is 0. The number of hydrogen-bond donors (Lipinski definition) is 0. The van der Waals surface area contributed by atoms with Gasteiger partial charge in [-0.2, -0.15) is 0 Å². The second-order valence-electron chi connectivity index (χ2n) is 2.00. The van der Waals surface area contributed by atoms with Crippen LogP contribution in [0.5, 0.6) is 0 Å². The van der Waals surface area contributed by atoms with E-state index >= 15 is 0 Å². The van der Waals surface area contributed by atoms with Gasteiger partial charge in [-0.3, -0.25) is 0 Å². The zero-order chi connectivity index (χ0) is 7.11. The van der Waals surface area contributed by atoms with Crippen LogP contribution in [0.4, 0.5) is 0 Å². The summed E-state index contributed by atoms with van der Waals surface area (Å²) >= 11 is 0. The predicted molar refractivity (Wildman–Crippen MR) is 40.3 cm³/mol. The topological polar surface area (TPSA) is 26.3 Å². The van der Waals surface area contributed by atoms with Gasteiger partial charge < -0.3 is 9.22 Å². The van der Waals surface area contributed by atoms with Crippen molar-refractivity contribution in [3.05, 3.63) is 0 Å². The lowest BCUT2D eigenvalue weighted by Crippen LogP contribution is -1.99. The van der Waals surface area contributed by atoms with Gasteiger partial charge in [0, 0.05) is 13.0 Å². The predicted octanol–water partition coefficient (Wildman–Crippen LogP) is 0.504. The molecule has 0 spiro atoms. The number of Topliss-reactive ketones (excluding diaryl/α,β-unsaturated/α-hetero) is 1. The molecular weight excluding hydrogens is 132 g/mol. The van der Waals surface area contributed by atoms with Crippen molar-refractivity contribution in [3.63, 3.8) is 0 Å². The van der Waals surface area contributed by atoms with E-state index in [1.807, 2.05) is 6.92 Å². The van der Waals surface area contributed by atoms with Crippen LogP contribution in [0.1, 0.15) is 20.3 Å². The largest absolute Gasteiger partial charge is 0.424 e. The van der Waals surface area contributed by atoms with Gasteiger partial charge in [-0.15, -0.1) is 0 Å². The van der Waals surface area contributed by atoms with Crippen LogP contribution in [0.15, 0.2) is 0 Å². The van der Waals surface area contributed by atoms with E-state index < -0.39 is 0 Å². The fourth-order valence-corrected chi connectivity index (χ4v) is 1.70. The smallest absolute Gasteiger partial charge is 0.161 e. The van der Waals surface area contributed by atoms with Crippen molar-refractivity contribution in [1.82, 2.24) is 0 Å². The van der Waals surface area contributed by atoms with Crippen molar-refractivity contribution < 1.29 is 9.22 Å². The molecule has 0 N–H and O–H groups in total. The second-order valence-corrected chi connectivity index (χ2v) is 3.53. The summed E-state index contributed by atoms with van der Waals surface area (Å²) in [6.07, 6.45) is 0.715. The van der Waals surface area contributed by atoms with Crippen molar-refractivity contribution >= 4 is 15.5 Å². The Labute approximate surface area is 58.5 Å². The van der Waals surface area contributed by atoms with Crippen LogP contribution in [0.25, 0.3) is 0 Å². The van der Waals surface area contributed by atoms with Crippen molar-refractivity contribution in [1.29, 1.82) is 0 Å². The maximum Gasteiger partial charge on any atom is 0.161 e.